The maximum atomic E-state index is 11.9. The van der Waals surface area contributed by atoms with Crippen molar-refractivity contribution in [2.24, 2.45) is 0 Å². The van der Waals surface area contributed by atoms with Gasteiger partial charge in [-0.3, -0.25) is 4.79 Å². The lowest BCUT2D eigenvalue weighted by molar-refractivity contribution is -0.117. The van der Waals surface area contributed by atoms with Gasteiger partial charge in [0.2, 0.25) is 5.91 Å². The molecule has 1 aliphatic heterocycles. The third-order valence-electron chi connectivity index (χ3n) is 2.67. The average molecular weight is 338 g/mol. The number of halogens is 3. The van der Waals surface area contributed by atoms with Crippen LogP contribution in [-0.4, -0.2) is 18.5 Å². The van der Waals surface area contributed by atoms with E-state index in [0.29, 0.717) is 20.2 Å². The summed E-state index contributed by atoms with van der Waals surface area (Å²) >= 11 is 15.3. The normalized spacial score (nSPS) is 19.4. The van der Waals surface area contributed by atoms with E-state index in [1.807, 2.05) is 0 Å². The molecular formula is C11H11BrCl2N2O. The van der Waals surface area contributed by atoms with Gasteiger partial charge in [0.25, 0.3) is 0 Å². The molecule has 0 bridgehead atoms. The first-order valence-electron chi connectivity index (χ1n) is 5.27. The Kier molecular flexibility index (Phi) is 4.31. The van der Waals surface area contributed by atoms with Crippen molar-refractivity contribution in [2.45, 2.75) is 18.9 Å². The van der Waals surface area contributed by atoms with E-state index in [9.17, 15) is 4.79 Å². The topological polar surface area (TPSA) is 41.1 Å². The van der Waals surface area contributed by atoms with Gasteiger partial charge in [-0.2, -0.15) is 0 Å². The molecular weight excluding hydrogens is 327 g/mol. The molecule has 0 saturated carbocycles. The molecule has 0 spiro atoms. The number of rotatable bonds is 2. The zero-order chi connectivity index (χ0) is 12.4. The smallest absolute Gasteiger partial charge is 0.241 e. The number of benzene rings is 1. The van der Waals surface area contributed by atoms with Gasteiger partial charge in [-0.25, -0.2) is 0 Å². The van der Waals surface area contributed by atoms with E-state index in [1.54, 1.807) is 12.1 Å². The maximum absolute atomic E-state index is 11.9. The van der Waals surface area contributed by atoms with Crippen LogP contribution in [0.2, 0.25) is 10.0 Å². The number of hydrogen-bond donors (Lipinski definition) is 2. The molecule has 2 rings (SSSR count). The minimum atomic E-state index is -0.131. The van der Waals surface area contributed by atoms with Crippen molar-refractivity contribution in [2.75, 3.05) is 11.9 Å². The predicted molar refractivity (Wildman–Crippen MR) is 73.8 cm³/mol. The fourth-order valence-electron chi connectivity index (χ4n) is 1.75. The molecule has 1 atom stereocenters. The van der Waals surface area contributed by atoms with Crippen LogP contribution in [0.25, 0.3) is 0 Å². The molecule has 0 aromatic heterocycles. The first-order valence-corrected chi connectivity index (χ1v) is 6.82. The third kappa shape index (κ3) is 2.94. The largest absolute Gasteiger partial charge is 0.323 e. The molecule has 2 N–H and O–H groups in total. The number of amides is 1. The fraction of sp³-hybridized carbons (Fsp3) is 0.364. The highest BCUT2D eigenvalue weighted by atomic mass is 79.9. The fourth-order valence-corrected chi connectivity index (χ4v) is 2.57. The van der Waals surface area contributed by atoms with Gasteiger partial charge in [0.15, 0.2) is 0 Å². The van der Waals surface area contributed by atoms with Gasteiger partial charge in [-0.1, -0.05) is 23.2 Å². The van der Waals surface area contributed by atoms with Gasteiger partial charge in [-0.15, -0.1) is 0 Å². The summed E-state index contributed by atoms with van der Waals surface area (Å²) in [6, 6.07) is 3.35. The van der Waals surface area contributed by atoms with E-state index in [0.717, 1.165) is 19.4 Å². The number of carbonyl (C=O) groups is 1. The van der Waals surface area contributed by atoms with E-state index < -0.39 is 0 Å². The zero-order valence-corrected chi connectivity index (χ0v) is 12.0. The van der Waals surface area contributed by atoms with Gasteiger partial charge in [0.1, 0.15) is 0 Å². The first kappa shape index (κ1) is 13.1. The van der Waals surface area contributed by atoms with Crippen LogP contribution in [0.4, 0.5) is 5.69 Å². The maximum Gasteiger partial charge on any atom is 0.241 e. The number of hydrogen-bond acceptors (Lipinski definition) is 2. The van der Waals surface area contributed by atoms with Gasteiger partial charge in [0.05, 0.1) is 21.8 Å². The van der Waals surface area contributed by atoms with Crippen molar-refractivity contribution >= 4 is 50.7 Å². The van der Waals surface area contributed by atoms with E-state index in [-0.39, 0.29) is 11.9 Å². The van der Waals surface area contributed by atoms with Crippen molar-refractivity contribution in [3.63, 3.8) is 0 Å². The van der Waals surface area contributed by atoms with Gasteiger partial charge in [0, 0.05) is 4.47 Å². The second-order valence-electron chi connectivity index (χ2n) is 3.86. The summed E-state index contributed by atoms with van der Waals surface area (Å²) in [5, 5.41) is 6.67. The molecule has 92 valence electrons. The standard InChI is InChI=1S/C11H11BrCl2N2O/c12-6-3-4-7(10(14)9(6)13)16-11(17)8-2-1-5-15-8/h3-4,8,15H,1-2,5H2,(H,16,17)/t8-/m1/s1. The Morgan fingerprint density at radius 2 is 2.18 bits per heavy atom. The van der Waals surface area contributed by atoms with Gasteiger partial charge < -0.3 is 10.6 Å². The van der Waals surface area contributed by atoms with Crippen LogP contribution in [0, 0.1) is 0 Å². The molecule has 1 heterocycles. The lowest BCUT2D eigenvalue weighted by atomic mass is 10.2. The summed E-state index contributed by atoms with van der Waals surface area (Å²) in [5.74, 6) is -0.0669. The van der Waals surface area contributed by atoms with E-state index in [1.165, 1.54) is 0 Å². The van der Waals surface area contributed by atoms with Crippen LogP contribution in [0.1, 0.15) is 12.8 Å². The third-order valence-corrected chi connectivity index (χ3v) is 4.44. The molecule has 6 heteroatoms. The SMILES string of the molecule is O=C(Nc1ccc(Br)c(Cl)c1Cl)[C@H]1CCCN1. The highest BCUT2D eigenvalue weighted by Gasteiger charge is 2.22. The van der Waals surface area contributed by atoms with Crippen molar-refractivity contribution in [3.05, 3.63) is 26.7 Å². The Morgan fingerprint density at radius 1 is 1.41 bits per heavy atom. The Hall–Kier alpha value is -0.290. The zero-order valence-electron chi connectivity index (χ0n) is 8.90. The lowest BCUT2D eigenvalue weighted by Gasteiger charge is -2.13. The van der Waals surface area contributed by atoms with Gasteiger partial charge >= 0.3 is 0 Å². The molecule has 1 aromatic rings. The second kappa shape index (κ2) is 5.57. The monoisotopic (exact) mass is 336 g/mol. The summed E-state index contributed by atoms with van der Waals surface area (Å²) in [6.45, 7) is 0.882. The van der Waals surface area contributed by atoms with E-state index in [4.69, 9.17) is 23.2 Å². The summed E-state index contributed by atoms with van der Waals surface area (Å²) in [7, 11) is 0. The summed E-state index contributed by atoms with van der Waals surface area (Å²) < 4.78 is 0.709. The molecule has 0 aliphatic carbocycles. The van der Waals surface area contributed by atoms with Crippen LogP contribution in [0.3, 0.4) is 0 Å². The second-order valence-corrected chi connectivity index (χ2v) is 5.47. The highest BCUT2D eigenvalue weighted by molar-refractivity contribution is 9.10. The molecule has 0 unspecified atom stereocenters. The molecule has 1 saturated heterocycles. The predicted octanol–water partition coefficient (Wildman–Crippen LogP) is 3.45. The minimum Gasteiger partial charge on any atom is -0.323 e. The van der Waals surface area contributed by atoms with Gasteiger partial charge in [-0.05, 0) is 47.4 Å². The minimum absolute atomic E-state index is 0.0669. The Labute approximate surface area is 118 Å². The van der Waals surface area contributed by atoms with Crippen LogP contribution < -0.4 is 10.6 Å². The summed E-state index contributed by atoms with van der Waals surface area (Å²) in [5.41, 5.74) is 0.540. The van der Waals surface area contributed by atoms with Crippen LogP contribution in [-0.2, 0) is 4.79 Å². The number of anilines is 1. The molecule has 1 aromatic carbocycles. The first-order chi connectivity index (χ1) is 8.09. The van der Waals surface area contributed by atoms with Crippen LogP contribution in [0.15, 0.2) is 16.6 Å². The molecule has 1 fully saturated rings. The highest BCUT2D eigenvalue weighted by Crippen LogP contribution is 2.35. The molecule has 1 amide bonds. The Morgan fingerprint density at radius 3 is 2.82 bits per heavy atom. The van der Waals surface area contributed by atoms with Crippen molar-refractivity contribution in [1.82, 2.24) is 5.32 Å². The average Bonchev–Trinajstić information content (AvgIpc) is 2.83. The molecule has 1 aliphatic rings. The molecule has 3 nitrogen and oxygen atoms in total. The lowest BCUT2D eigenvalue weighted by Crippen LogP contribution is -2.35. The number of nitrogens with one attached hydrogen (secondary N) is 2. The van der Waals surface area contributed by atoms with Crippen molar-refractivity contribution in [1.29, 1.82) is 0 Å². The number of carbonyl (C=O) groups excluding carboxylic acids is 1. The summed E-state index contributed by atoms with van der Waals surface area (Å²) in [6.07, 6.45) is 1.88. The van der Waals surface area contributed by atoms with Crippen molar-refractivity contribution in [3.8, 4) is 0 Å². The Balaban J connectivity index is 2.13. The Bertz CT molecular complexity index is 447. The summed E-state index contributed by atoms with van der Waals surface area (Å²) in [4.78, 5) is 11.9. The van der Waals surface area contributed by atoms with Crippen LogP contribution in [0.5, 0.6) is 0 Å². The molecule has 0 radical (unpaired) electrons. The van der Waals surface area contributed by atoms with Crippen LogP contribution >= 0.6 is 39.1 Å². The van der Waals surface area contributed by atoms with E-state index >= 15 is 0 Å². The quantitative estimate of drug-likeness (QED) is 0.811. The van der Waals surface area contributed by atoms with E-state index in [2.05, 4.69) is 26.6 Å². The van der Waals surface area contributed by atoms with Crippen molar-refractivity contribution < 1.29 is 4.79 Å². The molecule has 17 heavy (non-hydrogen) atoms.